The van der Waals surface area contributed by atoms with Crippen molar-refractivity contribution in [2.45, 2.75) is 30.0 Å². The van der Waals surface area contributed by atoms with Crippen molar-refractivity contribution in [2.75, 3.05) is 4.90 Å². The Balaban J connectivity index is 1.48. The lowest BCUT2D eigenvalue weighted by Gasteiger charge is -2.23. The topological polar surface area (TPSA) is 109 Å². The van der Waals surface area contributed by atoms with Crippen LogP contribution in [0.3, 0.4) is 0 Å². The Morgan fingerprint density at radius 2 is 1.83 bits per heavy atom. The molecule has 182 valence electrons. The molecule has 1 unspecified atom stereocenters. The van der Waals surface area contributed by atoms with Crippen molar-refractivity contribution in [2.24, 2.45) is 0 Å². The number of Topliss-reactive ketones (excluding diaryl/α,β-unsaturated/α-hetero) is 1. The lowest BCUT2D eigenvalue weighted by Crippen LogP contribution is -2.31. The van der Waals surface area contributed by atoms with Crippen LogP contribution in [0.25, 0.3) is 0 Å². The molecule has 3 aromatic heterocycles. The maximum atomic E-state index is 13.6. The molecule has 4 heterocycles. The van der Waals surface area contributed by atoms with Crippen LogP contribution in [0.1, 0.15) is 37.5 Å². The molecule has 0 bridgehead atoms. The maximum absolute atomic E-state index is 13.6. The summed E-state index contributed by atoms with van der Waals surface area (Å²) in [5, 5.41) is 21.0. The number of aromatic nitrogens is 4. The standard InChI is InChI=1S/C24H18ClN5O3S3/c1-12-21(35-13(2)27-12)19(31)17-18(15-7-9-26-10-8-15)30(22(33)20(17)32)23-28-29-24(36-23)34-11-14-3-5-16(25)6-4-14/h3-10,18,32H,11H2,1-2H3. The minimum atomic E-state index is -0.878. The summed E-state index contributed by atoms with van der Waals surface area (Å²) in [6.45, 7) is 3.54. The van der Waals surface area contributed by atoms with Crippen LogP contribution in [-0.2, 0) is 10.5 Å². The van der Waals surface area contributed by atoms with Crippen LogP contribution in [0.4, 0.5) is 5.13 Å². The van der Waals surface area contributed by atoms with E-state index in [-0.39, 0.29) is 10.7 Å². The number of aliphatic hydroxyl groups excluding tert-OH is 1. The largest absolute Gasteiger partial charge is 0.503 e. The highest BCUT2D eigenvalue weighted by Crippen LogP contribution is 2.44. The van der Waals surface area contributed by atoms with Crippen molar-refractivity contribution >= 4 is 62.9 Å². The van der Waals surface area contributed by atoms with Gasteiger partial charge in [-0.3, -0.25) is 19.5 Å². The van der Waals surface area contributed by atoms with E-state index in [9.17, 15) is 14.7 Å². The van der Waals surface area contributed by atoms with Crippen molar-refractivity contribution in [3.63, 3.8) is 0 Å². The summed E-state index contributed by atoms with van der Waals surface area (Å²) in [6.07, 6.45) is 3.15. The summed E-state index contributed by atoms with van der Waals surface area (Å²) in [5.41, 5.74) is 2.23. The number of pyridine rings is 1. The van der Waals surface area contributed by atoms with Crippen LogP contribution < -0.4 is 4.90 Å². The molecule has 36 heavy (non-hydrogen) atoms. The fourth-order valence-electron chi connectivity index (χ4n) is 3.84. The predicted molar refractivity (Wildman–Crippen MR) is 141 cm³/mol. The number of halogens is 1. The van der Waals surface area contributed by atoms with Gasteiger partial charge in [-0.1, -0.05) is 46.8 Å². The number of amides is 1. The third-order valence-corrected chi connectivity index (χ3v) is 8.91. The molecular weight excluding hydrogens is 538 g/mol. The number of benzene rings is 1. The van der Waals surface area contributed by atoms with E-state index in [0.29, 0.717) is 31.2 Å². The number of thioether (sulfide) groups is 1. The molecule has 5 rings (SSSR count). The van der Waals surface area contributed by atoms with Gasteiger partial charge in [0.05, 0.1) is 27.2 Å². The zero-order valence-corrected chi connectivity index (χ0v) is 22.2. The van der Waals surface area contributed by atoms with Crippen LogP contribution >= 0.6 is 46.0 Å². The van der Waals surface area contributed by atoms with E-state index in [1.165, 1.54) is 39.3 Å². The van der Waals surface area contributed by atoms with Gasteiger partial charge < -0.3 is 5.11 Å². The molecule has 0 radical (unpaired) electrons. The normalized spacial score (nSPS) is 15.7. The summed E-state index contributed by atoms with van der Waals surface area (Å²) in [7, 11) is 0. The molecule has 1 aliphatic heterocycles. The Hall–Kier alpha value is -3.12. The number of aryl methyl sites for hydroxylation is 2. The van der Waals surface area contributed by atoms with E-state index in [0.717, 1.165) is 10.6 Å². The van der Waals surface area contributed by atoms with Gasteiger partial charge >= 0.3 is 0 Å². The maximum Gasteiger partial charge on any atom is 0.296 e. The van der Waals surface area contributed by atoms with E-state index < -0.39 is 23.5 Å². The molecular formula is C24H18ClN5O3S3. The summed E-state index contributed by atoms with van der Waals surface area (Å²) < 4.78 is 0.648. The second-order valence-electron chi connectivity index (χ2n) is 7.86. The number of rotatable bonds is 7. The van der Waals surface area contributed by atoms with Gasteiger partial charge in [-0.25, -0.2) is 4.98 Å². The lowest BCUT2D eigenvalue weighted by molar-refractivity contribution is -0.117. The van der Waals surface area contributed by atoms with Crippen LogP contribution in [0, 0.1) is 13.8 Å². The zero-order chi connectivity index (χ0) is 25.4. The number of thiazole rings is 1. The van der Waals surface area contributed by atoms with Crippen LogP contribution in [0.5, 0.6) is 0 Å². The van der Waals surface area contributed by atoms with E-state index in [1.807, 2.05) is 24.3 Å². The van der Waals surface area contributed by atoms with Gasteiger partial charge in [0.2, 0.25) is 10.9 Å². The quantitative estimate of drug-likeness (QED) is 0.175. The third kappa shape index (κ3) is 4.66. The highest BCUT2D eigenvalue weighted by Gasteiger charge is 2.46. The molecule has 1 amide bonds. The number of carbonyl (C=O) groups excluding carboxylic acids is 2. The SMILES string of the molecule is Cc1nc(C)c(C(=O)C2=C(O)C(=O)N(c3nnc(SCc4ccc(Cl)cc4)s3)C2c2ccncc2)s1. The number of anilines is 1. The molecule has 8 nitrogen and oxygen atoms in total. The van der Waals surface area contributed by atoms with E-state index >= 15 is 0 Å². The molecule has 4 aromatic rings. The fourth-order valence-corrected chi connectivity index (χ4v) is 6.67. The summed E-state index contributed by atoms with van der Waals surface area (Å²) in [4.78, 5) is 37.0. The Bertz CT molecular complexity index is 1480. The first kappa shape index (κ1) is 24.6. The van der Waals surface area contributed by atoms with Gasteiger partial charge in [0.1, 0.15) is 0 Å². The number of hydrogen-bond donors (Lipinski definition) is 1. The summed E-state index contributed by atoms with van der Waals surface area (Å²) in [5.74, 6) is -1.09. The molecule has 1 N–H and O–H groups in total. The van der Waals surface area contributed by atoms with Crippen molar-refractivity contribution in [3.05, 3.63) is 91.9 Å². The fraction of sp³-hybridized carbons (Fsp3) is 0.167. The van der Waals surface area contributed by atoms with Crippen molar-refractivity contribution in [1.82, 2.24) is 20.2 Å². The van der Waals surface area contributed by atoms with Gasteiger partial charge in [0, 0.05) is 23.2 Å². The summed E-state index contributed by atoms with van der Waals surface area (Å²) in [6, 6.07) is 10.1. The van der Waals surface area contributed by atoms with Gasteiger partial charge in [-0.2, -0.15) is 0 Å². The van der Waals surface area contributed by atoms with Gasteiger partial charge in [0.25, 0.3) is 5.91 Å². The molecule has 1 atom stereocenters. The van der Waals surface area contributed by atoms with Crippen LogP contribution in [0.2, 0.25) is 5.02 Å². The molecule has 0 saturated carbocycles. The Labute approximate surface area is 223 Å². The Morgan fingerprint density at radius 3 is 2.50 bits per heavy atom. The van der Waals surface area contributed by atoms with Crippen molar-refractivity contribution in [3.8, 4) is 0 Å². The second kappa shape index (κ2) is 10.1. The van der Waals surface area contributed by atoms with Crippen LogP contribution in [-0.4, -0.2) is 37.0 Å². The number of aliphatic hydroxyl groups is 1. The van der Waals surface area contributed by atoms with E-state index in [2.05, 4.69) is 20.2 Å². The first-order valence-corrected chi connectivity index (χ1v) is 13.7. The highest BCUT2D eigenvalue weighted by molar-refractivity contribution is 8.00. The minimum Gasteiger partial charge on any atom is -0.503 e. The number of hydrogen-bond acceptors (Lipinski definition) is 10. The average molecular weight is 556 g/mol. The molecule has 1 aliphatic rings. The lowest BCUT2D eigenvalue weighted by atomic mass is 9.96. The van der Waals surface area contributed by atoms with Crippen molar-refractivity contribution in [1.29, 1.82) is 0 Å². The highest BCUT2D eigenvalue weighted by atomic mass is 35.5. The van der Waals surface area contributed by atoms with E-state index in [1.54, 1.807) is 38.4 Å². The number of ketones is 1. The first-order valence-electron chi connectivity index (χ1n) is 10.7. The van der Waals surface area contributed by atoms with E-state index in [4.69, 9.17) is 11.6 Å². The molecule has 0 fully saturated rings. The zero-order valence-electron chi connectivity index (χ0n) is 19.0. The van der Waals surface area contributed by atoms with Gasteiger partial charge in [-0.05, 0) is 49.2 Å². The molecule has 0 saturated heterocycles. The first-order chi connectivity index (χ1) is 17.3. The smallest absolute Gasteiger partial charge is 0.296 e. The molecule has 0 aliphatic carbocycles. The Kier molecular flexibility index (Phi) is 6.89. The van der Waals surface area contributed by atoms with Gasteiger partial charge in [-0.15, -0.1) is 21.5 Å². The van der Waals surface area contributed by atoms with Crippen LogP contribution in [0.15, 0.2) is 64.5 Å². The third-order valence-electron chi connectivity index (χ3n) is 5.46. The second-order valence-corrected chi connectivity index (χ2v) is 11.7. The minimum absolute atomic E-state index is 0.0106. The average Bonchev–Trinajstić information content (AvgIpc) is 3.55. The number of nitrogens with zero attached hydrogens (tertiary/aromatic N) is 5. The summed E-state index contributed by atoms with van der Waals surface area (Å²) >= 11 is 9.88. The molecule has 12 heteroatoms. The Morgan fingerprint density at radius 1 is 1.11 bits per heavy atom. The monoisotopic (exact) mass is 555 g/mol. The predicted octanol–water partition coefficient (Wildman–Crippen LogP) is 5.74. The number of carbonyl (C=O) groups is 2. The van der Waals surface area contributed by atoms with Gasteiger partial charge in [0.15, 0.2) is 10.1 Å². The van der Waals surface area contributed by atoms with Crippen molar-refractivity contribution < 1.29 is 14.7 Å². The molecule has 1 aromatic carbocycles. The molecule has 0 spiro atoms.